The molecule has 5 heteroatoms. The number of piperidine rings is 1. The van der Waals surface area contributed by atoms with Crippen molar-refractivity contribution in [3.05, 3.63) is 12.7 Å². The van der Waals surface area contributed by atoms with E-state index in [1.165, 1.54) is 6.08 Å². The molecule has 0 aliphatic carbocycles. The first-order valence-corrected chi connectivity index (χ1v) is 4.97. The smallest absolute Gasteiger partial charge is 0.404 e. The van der Waals surface area contributed by atoms with Crippen molar-refractivity contribution in [1.82, 2.24) is 4.90 Å². The minimum absolute atomic E-state index is 0.0377. The van der Waals surface area contributed by atoms with Crippen molar-refractivity contribution in [2.24, 2.45) is 11.7 Å². The molecule has 0 atom stereocenters. The van der Waals surface area contributed by atoms with Gasteiger partial charge in [0.2, 0.25) is 5.91 Å². The van der Waals surface area contributed by atoms with Crippen LogP contribution >= 0.6 is 0 Å². The molecule has 0 aromatic carbocycles. The van der Waals surface area contributed by atoms with E-state index in [4.69, 9.17) is 10.5 Å². The Morgan fingerprint density at radius 3 is 2.53 bits per heavy atom. The number of hydrogen-bond acceptors (Lipinski definition) is 3. The molecule has 2 amide bonds. The SMILES string of the molecule is C=CC(=O)N1CCC(COC(N)=O)CC1. The molecule has 0 saturated carbocycles. The monoisotopic (exact) mass is 212 g/mol. The van der Waals surface area contributed by atoms with Crippen molar-refractivity contribution in [2.75, 3.05) is 19.7 Å². The fourth-order valence-electron chi connectivity index (χ4n) is 1.65. The predicted molar refractivity (Wildman–Crippen MR) is 55.0 cm³/mol. The van der Waals surface area contributed by atoms with Crippen LogP contribution in [0.5, 0.6) is 0 Å². The maximum absolute atomic E-state index is 11.2. The summed E-state index contributed by atoms with van der Waals surface area (Å²) in [5.41, 5.74) is 4.87. The van der Waals surface area contributed by atoms with Crippen LogP contribution < -0.4 is 5.73 Å². The number of rotatable bonds is 3. The Balaban J connectivity index is 2.26. The third kappa shape index (κ3) is 3.61. The molecule has 2 N–H and O–H groups in total. The zero-order chi connectivity index (χ0) is 11.3. The Kier molecular flexibility index (Phi) is 4.15. The summed E-state index contributed by atoms with van der Waals surface area (Å²) in [5.74, 6) is 0.274. The van der Waals surface area contributed by atoms with Crippen LogP contribution in [0.25, 0.3) is 0 Å². The van der Waals surface area contributed by atoms with E-state index < -0.39 is 6.09 Å². The molecule has 84 valence electrons. The molecule has 0 aromatic heterocycles. The zero-order valence-electron chi connectivity index (χ0n) is 8.65. The summed E-state index contributed by atoms with van der Waals surface area (Å²) in [6, 6.07) is 0. The van der Waals surface area contributed by atoms with E-state index >= 15 is 0 Å². The van der Waals surface area contributed by atoms with E-state index in [1.54, 1.807) is 4.90 Å². The molecule has 1 aliphatic rings. The number of hydrogen-bond donors (Lipinski definition) is 1. The number of likely N-dealkylation sites (tertiary alicyclic amines) is 1. The molecular weight excluding hydrogens is 196 g/mol. The second-order valence-electron chi connectivity index (χ2n) is 3.60. The molecule has 1 rings (SSSR count). The highest BCUT2D eigenvalue weighted by atomic mass is 16.5. The summed E-state index contributed by atoms with van der Waals surface area (Å²) in [6.45, 7) is 5.17. The van der Waals surface area contributed by atoms with Crippen LogP contribution in [0.4, 0.5) is 4.79 Å². The largest absolute Gasteiger partial charge is 0.449 e. The van der Waals surface area contributed by atoms with Crippen molar-refractivity contribution < 1.29 is 14.3 Å². The fourth-order valence-corrected chi connectivity index (χ4v) is 1.65. The highest BCUT2D eigenvalue weighted by Gasteiger charge is 2.21. The van der Waals surface area contributed by atoms with Gasteiger partial charge in [-0.05, 0) is 24.8 Å². The second kappa shape index (κ2) is 5.38. The van der Waals surface area contributed by atoms with Gasteiger partial charge in [0.05, 0.1) is 6.61 Å². The van der Waals surface area contributed by atoms with E-state index in [0.717, 1.165) is 12.8 Å². The molecule has 1 fully saturated rings. The molecule has 1 aliphatic heterocycles. The maximum Gasteiger partial charge on any atom is 0.404 e. The predicted octanol–water partition coefficient (Wildman–Crippen LogP) is 0.506. The number of amides is 2. The van der Waals surface area contributed by atoms with Gasteiger partial charge in [-0.2, -0.15) is 0 Å². The van der Waals surface area contributed by atoms with Crippen molar-refractivity contribution >= 4 is 12.0 Å². The highest BCUT2D eigenvalue weighted by molar-refractivity contribution is 5.87. The minimum Gasteiger partial charge on any atom is -0.449 e. The lowest BCUT2D eigenvalue weighted by molar-refractivity contribution is -0.127. The van der Waals surface area contributed by atoms with Crippen LogP contribution in [-0.2, 0) is 9.53 Å². The summed E-state index contributed by atoms with van der Waals surface area (Å²) in [4.78, 5) is 23.4. The van der Waals surface area contributed by atoms with Crippen molar-refractivity contribution in [3.8, 4) is 0 Å². The molecule has 0 aromatic rings. The average molecular weight is 212 g/mol. The number of carbonyl (C=O) groups is 2. The molecular formula is C10H16N2O3. The lowest BCUT2D eigenvalue weighted by atomic mass is 9.98. The van der Waals surface area contributed by atoms with Crippen LogP contribution in [-0.4, -0.2) is 36.6 Å². The van der Waals surface area contributed by atoms with Crippen LogP contribution in [0.1, 0.15) is 12.8 Å². The van der Waals surface area contributed by atoms with E-state index in [1.807, 2.05) is 0 Å². The lowest BCUT2D eigenvalue weighted by Gasteiger charge is -2.30. The first kappa shape index (κ1) is 11.6. The zero-order valence-corrected chi connectivity index (χ0v) is 8.65. The number of nitrogens with two attached hydrogens (primary N) is 1. The van der Waals surface area contributed by atoms with E-state index in [9.17, 15) is 9.59 Å². The standard InChI is InChI=1S/C10H16N2O3/c1-2-9(13)12-5-3-8(4-6-12)7-15-10(11)14/h2,8H,1,3-7H2,(H2,11,14). The summed E-state index contributed by atoms with van der Waals surface area (Å²) in [5, 5.41) is 0. The molecule has 0 unspecified atom stereocenters. The molecule has 5 nitrogen and oxygen atoms in total. The Bertz CT molecular complexity index is 257. The molecule has 1 heterocycles. The van der Waals surface area contributed by atoms with Crippen molar-refractivity contribution in [1.29, 1.82) is 0 Å². The van der Waals surface area contributed by atoms with Gasteiger partial charge >= 0.3 is 6.09 Å². The molecule has 0 radical (unpaired) electrons. The normalized spacial score (nSPS) is 17.2. The number of nitrogens with zero attached hydrogens (tertiary/aromatic N) is 1. The van der Waals surface area contributed by atoms with Gasteiger partial charge in [0.25, 0.3) is 0 Å². The van der Waals surface area contributed by atoms with Gasteiger partial charge in [-0.25, -0.2) is 4.79 Å². The van der Waals surface area contributed by atoms with Gasteiger partial charge < -0.3 is 15.4 Å². The summed E-state index contributed by atoms with van der Waals surface area (Å²) in [6.07, 6.45) is 2.26. The molecule has 15 heavy (non-hydrogen) atoms. The average Bonchev–Trinajstić information content (AvgIpc) is 2.26. The second-order valence-corrected chi connectivity index (χ2v) is 3.60. The number of carbonyl (C=O) groups excluding carboxylic acids is 2. The lowest BCUT2D eigenvalue weighted by Crippen LogP contribution is -2.38. The van der Waals surface area contributed by atoms with Gasteiger partial charge in [-0.3, -0.25) is 4.79 Å². The van der Waals surface area contributed by atoms with Crippen LogP contribution in [0, 0.1) is 5.92 Å². The van der Waals surface area contributed by atoms with Gasteiger partial charge in [0, 0.05) is 13.1 Å². The van der Waals surface area contributed by atoms with Gasteiger partial charge in [0.1, 0.15) is 0 Å². The van der Waals surface area contributed by atoms with E-state index in [-0.39, 0.29) is 5.91 Å². The van der Waals surface area contributed by atoms with Crippen LogP contribution in [0.2, 0.25) is 0 Å². The van der Waals surface area contributed by atoms with Crippen LogP contribution in [0.15, 0.2) is 12.7 Å². The third-order valence-corrected chi connectivity index (χ3v) is 2.56. The quantitative estimate of drug-likeness (QED) is 0.692. The third-order valence-electron chi connectivity index (χ3n) is 2.56. The van der Waals surface area contributed by atoms with Gasteiger partial charge in [0.15, 0.2) is 0 Å². The van der Waals surface area contributed by atoms with Crippen LogP contribution in [0.3, 0.4) is 0 Å². The topological polar surface area (TPSA) is 72.6 Å². The van der Waals surface area contributed by atoms with Crippen molar-refractivity contribution in [2.45, 2.75) is 12.8 Å². The Hall–Kier alpha value is -1.52. The van der Waals surface area contributed by atoms with Gasteiger partial charge in [-0.1, -0.05) is 6.58 Å². The molecule has 1 saturated heterocycles. The number of ether oxygens (including phenoxy) is 1. The highest BCUT2D eigenvalue weighted by Crippen LogP contribution is 2.17. The fraction of sp³-hybridized carbons (Fsp3) is 0.600. The van der Waals surface area contributed by atoms with E-state index in [0.29, 0.717) is 25.6 Å². The Labute approximate surface area is 88.9 Å². The summed E-state index contributed by atoms with van der Waals surface area (Å²) >= 11 is 0. The summed E-state index contributed by atoms with van der Waals surface area (Å²) < 4.78 is 4.72. The number of primary amides is 1. The minimum atomic E-state index is -0.736. The molecule has 0 spiro atoms. The van der Waals surface area contributed by atoms with Gasteiger partial charge in [-0.15, -0.1) is 0 Å². The maximum atomic E-state index is 11.2. The van der Waals surface area contributed by atoms with Crippen molar-refractivity contribution in [3.63, 3.8) is 0 Å². The first-order chi connectivity index (χ1) is 7.13. The summed E-state index contributed by atoms with van der Waals surface area (Å²) in [7, 11) is 0. The Morgan fingerprint density at radius 2 is 2.07 bits per heavy atom. The Morgan fingerprint density at radius 1 is 1.47 bits per heavy atom. The van der Waals surface area contributed by atoms with E-state index in [2.05, 4.69) is 6.58 Å². The molecule has 0 bridgehead atoms. The first-order valence-electron chi connectivity index (χ1n) is 4.97.